The van der Waals surface area contributed by atoms with Gasteiger partial charge in [-0.05, 0) is 46.8 Å². The van der Waals surface area contributed by atoms with Crippen LogP contribution in [-0.4, -0.2) is 35.1 Å². The molecule has 0 atom stereocenters. The first-order valence-electron chi connectivity index (χ1n) is 10.1. The van der Waals surface area contributed by atoms with E-state index in [1.165, 1.54) is 48.5 Å². The van der Waals surface area contributed by atoms with E-state index in [0.717, 1.165) is 0 Å². The number of hydrogen-bond acceptors (Lipinski definition) is 6. The Morgan fingerprint density at radius 2 is 0.848 bits per heavy atom. The highest BCUT2D eigenvalue weighted by molar-refractivity contribution is 7.93. The van der Waals surface area contributed by atoms with Crippen molar-refractivity contribution in [2.24, 2.45) is 0 Å². The Labute approximate surface area is 191 Å². The Hall–Kier alpha value is -3.40. The van der Waals surface area contributed by atoms with E-state index in [-0.39, 0.29) is 41.5 Å². The maximum Gasteiger partial charge on any atom is 0.206 e. The van der Waals surface area contributed by atoms with E-state index in [9.17, 15) is 27.0 Å². The quantitative estimate of drug-likeness (QED) is 0.303. The molecule has 4 aromatic rings. The van der Waals surface area contributed by atoms with Crippen LogP contribution >= 0.6 is 0 Å². The molecule has 6 nitrogen and oxygen atoms in total. The van der Waals surface area contributed by atoms with Crippen LogP contribution in [0.15, 0.2) is 105 Å². The average Bonchev–Trinajstić information content (AvgIpc) is 2.80. The smallest absolute Gasteiger partial charge is 0.206 e. The molecular formula is C24H16O6S2Si. The summed E-state index contributed by atoms with van der Waals surface area (Å²) in [6.45, 7) is 0. The molecule has 2 aliphatic rings. The van der Waals surface area contributed by atoms with Gasteiger partial charge < -0.3 is 10.2 Å². The molecule has 0 radical (unpaired) electrons. The third kappa shape index (κ3) is 2.26. The lowest BCUT2D eigenvalue weighted by Gasteiger charge is -2.43. The average molecular weight is 493 g/mol. The van der Waals surface area contributed by atoms with Gasteiger partial charge in [-0.3, -0.25) is 0 Å². The number of rotatable bonds is 0. The molecule has 0 aromatic heterocycles. The second-order valence-electron chi connectivity index (χ2n) is 8.05. The van der Waals surface area contributed by atoms with Gasteiger partial charge in [0.25, 0.3) is 0 Å². The van der Waals surface area contributed by atoms with Crippen molar-refractivity contribution >= 4 is 48.5 Å². The monoisotopic (exact) mass is 492 g/mol. The van der Waals surface area contributed by atoms with Crippen molar-refractivity contribution in [3.8, 4) is 11.5 Å². The maximum absolute atomic E-state index is 13.6. The number of aromatic hydroxyl groups is 2. The highest BCUT2D eigenvalue weighted by atomic mass is 32.2. The number of hydrogen-bond donors (Lipinski definition) is 2. The summed E-state index contributed by atoms with van der Waals surface area (Å²) in [7, 11) is -11.8. The summed E-state index contributed by atoms with van der Waals surface area (Å²) in [5.41, 5.74) is 0. The van der Waals surface area contributed by atoms with Gasteiger partial charge in [0.1, 0.15) is 11.5 Å². The van der Waals surface area contributed by atoms with Crippen LogP contribution in [0.3, 0.4) is 0 Å². The van der Waals surface area contributed by atoms with Gasteiger partial charge in [-0.1, -0.05) is 48.5 Å². The Balaban J connectivity index is 2.00. The first kappa shape index (κ1) is 20.2. The van der Waals surface area contributed by atoms with Crippen molar-refractivity contribution in [2.75, 3.05) is 0 Å². The van der Waals surface area contributed by atoms with E-state index in [4.69, 9.17) is 0 Å². The van der Waals surface area contributed by atoms with E-state index < -0.39 is 27.7 Å². The predicted molar refractivity (Wildman–Crippen MR) is 124 cm³/mol. The van der Waals surface area contributed by atoms with Crippen LogP contribution in [0.25, 0.3) is 0 Å². The molecule has 2 N–H and O–H groups in total. The number of phenolic OH excluding ortho intramolecular Hbond substituents is 2. The van der Waals surface area contributed by atoms with E-state index in [1.807, 2.05) is 0 Å². The van der Waals surface area contributed by atoms with Crippen molar-refractivity contribution in [2.45, 2.75) is 19.6 Å². The third-order valence-electron chi connectivity index (χ3n) is 6.50. The zero-order valence-electron chi connectivity index (χ0n) is 16.9. The molecule has 6 rings (SSSR count). The van der Waals surface area contributed by atoms with Gasteiger partial charge in [0.05, 0.1) is 19.6 Å². The fourth-order valence-electron chi connectivity index (χ4n) is 5.31. The number of fused-ring (bicyclic) bond motifs is 8. The first-order chi connectivity index (χ1) is 15.7. The van der Waals surface area contributed by atoms with E-state index in [2.05, 4.69) is 0 Å². The molecule has 0 bridgehead atoms. The van der Waals surface area contributed by atoms with Crippen molar-refractivity contribution in [1.82, 2.24) is 0 Å². The van der Waals surface area contributed by atoms with Crippen molar-refractivity contribution < 1.29 is 27.0 Å². The van der Waals surface area contributed by atoms with Crippen LogP contribution < -0.4 is 20.7 Å². The molecule has 2 aliphatic heterocycles. The fourth-order valence-corrected chi connectivity index (χ4v) is 16.8. The normalized spacial score (nSPS) is 17.9. The largest absolute Gasteiger partial charge is 0.508 e. The Bertz CT molecular complexity index is 1600. The van der Waals surface area contributed by atoms with Crippen LogP contribution in [-0.2, 0) is 19.7 Å². The summed E-state index contributed by atoms with van der Waals surface area (Å²) in [5, 5.41) is 23.4. The summed E-state index contributed by atoms with van der Waals surface area (Å²) < 4.78 is 54.6. The first-order valence-corrected chi connectivity index (χ1v) is 15.0. The van der Waals surface area contributed by atoms with Crippen LogP contribution in [0.4, 0.5) is 0 Å². The van der Waals surface area contributed by atoms with Gasteiger partial charge in [-0.2, -0.15) is 0 Å². The minimum Gasteiger partial charge on any atom is -0.508 e. The molecule has 9 heteroatoms. The molecule has 1 spiro atoms. The minimum atomic E-state index is -4.00. The number of sulfone groups is 2. The molecule has 0 saturated heterocycles. The highest BCUT2D eigenvalue weighted by Gasteiger charge is 2.59. The van der Waals surface area contributed by atoms with E-state index in [1.54, 1.807) is 36.4 Å². The third-order valence-corrected chi connectivity index (χ3v) is 16.0. The van der Waals surface area contributed by atoms with Crippen LogP contribution in [0.1, 0.15) is 0 Å². The lowest BCUT2D eigenvalue weighted by molar-refractivity contribution is 0.476. The molecule has 0 fully saturated rings. The summed E-state index contributed by atoms with van der Waals surface area (Å²) in [5.74, 6) is -0.499. The topological polar surface area (TPSA) is 109 Å². The number of phenols is 2. The van der Waals surface area contributed by atoms with Gasteiger partial charge in [-0.25, -0.2) is 16.8 Å². The SMILES string of the molecule is O=S1(=O)c2ccccc2[Si]2(c3ccccc3S(=O)(=O)c3cccc(O)c32)c2c(O)cccc21. The Morgan fingerprint density at radius 1 is 0.485 bits per heavy atom. The molecule has 0 unspecified atom stereocenters. The van der Waals surface area contributed by atoms with Crippen LogP contribution in [0.5, 0.6) is 11.5 Å². The van der Waals surface area contributed by atoms with Crippen molar-refractivity contribution in [1.29, 1.82) is 0 Å². The lowest BCUT2D eigenvalue weighted by Crippen LogP contribution is -2.80. The maximum atomic E-state index is 13.6. The van der Waals surface area contributed by atoms with Gasteiger partial charge in [0.15, 0.2) is 8.07 Å². The Morgan fingerprint density at radius 3 is 1.27 bits per heavy atom. The molecule has 164 valence electrons. The zero-order valence-corrected chi connectivity index (χ0v) is 19.6. The van der Waals surface area contributed by atoms with E-state index >= 15 is 0 Å². The van der Waals surface area contributed by atoms with Crippen molar-refractivity contribution in [3.05, 3.63) is 84.9 Å². The molecule has 4 aromatic carbocycles. The molecule has 2 heterocycles. The second kappa shape index (κ2) is 6.34. The molecular weight excluding hydrogens is 476 g/mol. The predicted octanol–water partition coefficient (Wildman–Crippen LogP) is 0.768. The van der Waals surface area contributed by atoms with Gasteiger partial charge in [0.2, 0.25) is 19.7 Å². The Kier molecular flexibility index (Phi) is 3.89. The lowest BCUT2D eigenvalue weighted by atomic mass is 10.3. The van der Waals surface area contributed by atoms with Gasteiger partial charge in [0, 0.05) is 10.4 Å². The van der Waals surface area contributed by atoms with Crippen LogP contribution in [0.2, 0.25) is 0 Å². The standard InChI is InChI=1S/C24H16O6S2Si/c25-15-7-5-11-19-23(15)33(21-13-3-1-9-17(21)31(19,27)28)22-14-4-2-10-18(22)32(29,30)20-12-6-8-16(26)24(20)33/h1-14,25-26H. The minimum absolute atomic E-state index is 0.0538. The number of benzene rings is 4. The summed E-state index contributed by atoms with van der Waals surface area (Å²) in [6, 6.07) is 21.5. The summed E-state index contributed by atoms with van der Waals surface area (Å²) in [6.07, 6.45) is 0. The second-order valence-corrected chi connectivity index (χ2v) is 15.4. The molecule has 0 aliphatic carbocycles. The van der Waals surface area contributed by atoms with Crippen LogP contribution in [0, 0.1) is 0 Å². The fraction of sp³-hybridized carbons (Fsp3) is 0. The van der Waals surface area contributed by atoms with Gasteiger partial charge >= 0.3 is 0 Å². The highest BCUT2D eigenvalue weighted by Crippen LogP contribution is 2.37. The van der Waals surface area contributed by atoms with E-state index in [0.29, 0.717) is 10.4 Å². The van der Waals surface area contributed by atoms with Gasteiger partial charge in [-0.15, -0.1) is 0 Å². The summed E-state index contributed by atoms with van der Waals surface area (Å²) in [4.78, 5) is -0.0384. The molecule has 0 amide bonds. The molecule has 0 saturated carbocycles. The summed E-state index contributed by atoms with van der Waals surface area (Å²) >= 11 is 0. The van der Waals surface area contributed by atoms with Crippen molar-refractivity contribution in [3.63, 3.8) is 0 Å². The molecule has 33 heavy (non-hydrogen) atoms. The zero-order chi connectivity index (χ0) is 23.2.